The second kappa shape index (κ2) is 17.1. The summed E-state index contributed by atoms with van der Waals surface area (Å²) in [5.74, 6) is 0.305. The summed E-state index contributed by atoms with van der Waals surface area (Å²) in [4.78, 5) is 28.8. The van der Waals surface area contributed by atoms with E-state index in [1.54, 1.807) is 78.9 Å². The van der Waals surface area contributed by atoms with E-state index < -0.39 is 34.1 Å². The predicted molar refractivity (Wildman–Crippen MR) is 187 cm³/mol. The first-order chi connectivity index (χ1) is 22.9. The number of methoxy groups -OCH3 is 1. The molecule has 1 aliphatic heterocycles. The van der Waals surface area contributed by atoms with Crippen molar-refractivity contribution in [1.29, 1.82) is 0 Å². The summed E-state index contributed by atoms with van der Waals surface area (Å²) in [7, 11) is -0.628. The number of rotatable bonds is 9. The van der Waals surface area contributed by atoms with Crippen molar-refractivity contribution in [3.05, 3.63) is 65.5 Å². The minimum atomic E-state index is -3.72. The molecule has 0 fully saturated rings. The van der Waals surface area contributed by atoms with Crippen molar-refractivity contribution in [2.45, 2.75) is 62.5 Å². The summed E-state index contributed by atoms with van der Waals surface area (Å²) in [5.41, 5.74) is 1.16. The van der Waals surface area contributed by atoms with Gasteiger partial charge in [0.25, 0.3) is 15.9 Å². The lowest BCUT2D eigenvalue weighted by atomic mass is 10.0. The van der Waals surface area contributed by atoms with E-state index >= 15 is 0 Å². The molecule has 4 atom stereocenters. The molecule has 3 amide bonds. The Balaban J connectivity index is 1.61. The fourth-order valence-corrected chi connectivity index (χ4v) is 7.73. The zero-order chi connectivity index (χ0) is 34.8. The van der Waals surface area contributed by atoms with Crippen molar-refractivity contribution in [1.82, 2.24) is 9.21 Å². The number of thiophene rings is 1. The number of benzene rings is 2. The Morgan fingerprint density at radius 1 is 1.12 bits per heavy atom. The third-order valence-electron chi connectivity index (χ3n) is 8.25. The molecule has 0 bridgehead atoms. The predicted octanol–water partition coefficient (Wildman–Crippen LogP) is 5.52. The normalized spacial score (nSPS) is 20.3. The van der Waals surface area contributed by atoms with E-state index in [0.717, 1.165) is 24.2 Å². The number of carbonyl (C=O) groups is 2. The third-order valence-corrected chi connectivity index (χ3v) is 11.5. The largest absolute Gasteiger partial charge is 0.497 e. The van der Waals surface area contributed by atoms with Crippen molar-refractivity contribution >= 4 is 44.7 Å². The first kappa shape index (κ1) is 37.1. The van der Waals surface area contributed by atoms with Gasteiger partial charge in [-0.25, -0.2) is 13.2 Å². The van der Waals surface area contributed by atoms with Crippen molar-refractivity contribution in [2.24, 2.45) is 5.92 Å². The summed E-state index contributed by atoms with van der Waals surface area (Å²) in [6, 6.07) is 14.0. The van der Waals surface area contributed by atoms with Crippen LogP contribution in [-0.2, 0) is 14.8 Å². The number of sulfonamides is 1. The van der Waals surface area contributed by atoms with Gasteiger partial charge in [0.2, 0.25) is 0 Å². The zero-order valence-corrected chi connectivity index (χ0v) is 29.7. The Hall–Kier alpha value is -3.69. The molecule has 14 heteroatoms. The van der Waals surface area contributed by atoms with Crippen LogP contribution >= 0.6 is 11.3 Å². The highest BCUT2D eigenvalue weighted by Gasteiger charge is 2.32. The van der Waals surface area contributed by atoms with Crippen LogP contribution < -0.4 is 20.1 Å². The Bertz CT molecular complexity index is 1600. The van der Waals surface area contributed by atoms with E-state index in [4.69, 9.17) is 14.2 Å². The van der Waals surface area contributed by atoms with E-state index in [9.17, 15) is 23.1 Å². The number of nitrogens with zero attached hydrogens (tertiary/aromatic N) is 2. The molecule has 48 heavy (non-hydrogen) atoms. The molecule has 2 aromatic carbocycles. The number of amides is 3. The van der Waals surface area contributed by atoms with Crippen molar-refractivity contribution < 1.29 is 37.3 Å². The van der Waals surface area contributed by atoms with Gasteiger partial charge in [-0.3, -0.25) is 4.79 Å². The number of hydrogen-bond donors (Lipinski definition) is 3. The highest BCUT2D eigenvalue weighted by Crippen LogP contribution is 2.29. The molecule has 3 aromatic rings. The fourth-order valence-electron chi connectivity index (χ4n) is 5.35. The van der Waals surface area contributed by atoms with Crippen molar-refractivity contribution in [2.75, 3.05) is 51.1 Å². The SMILES string of the molecule is COc1ccc(NC(=O)Nc2ccc3c(c2)C(=O)N([C@H](C)CO)C[C@H](C)[C@H](CN(C)S(=O)(=O)c2cccs2)OCCCC[C@@H](C)O3)cc1. The van der Waals surface area contributed by atoms with Crippen LogP contribution in [0.3, 0.4) is 0 Å². The van der Waals surface area contributed by atoms with Crippen LogP contribution in [0.15, 0.2) is 64.2 Å². The van der Waals surface area contributed by atoms with Crippen molar-refractivity contribution in [3.8, 4) is 11.5 Å². The number of aliphatic hydroxyl groups is 1. The van der Waals surface area contributed by atoms with Gasteiger partial charge in [-0.2, -0.15) is 4.31 Å². The number of hydrogen-bond acceptors (Lipinski definition) is 9. The molecular formula is C34H46N4O8S2. The van der Waals surface area contributed by atoms with E-state index in [1.807, 2.05) is 13.8 Å². The van der Waals surface area contributed by atoms with Gasteiger partial charge in [0.15, 0.2) is 0 Å². The lowest BCUT2D eigenvalue weighted by Gasteiger charge is -2.35. The lowest BCUT2D eigenvalue weighted by molar-refractivity contribution is -0.00832. The molecule has 0 saturated heterocycles. The summed E-state index contributed by atoms with van der Waals surface area (Å²) in [6.07, 6.45) is 1.49. The first-order valence-corrected chi connectivity index (χ1v) is 18.3. The topological polar surface area (TPSA) is 147 Å². The molecule has 0 saturated carbocycles. The summed E-state index contributed by atoms with van der Waals surface area (Å²) >= 11 is 1.15. The van der Waals surface area contributed by atoms with Gasteiger partial charge in [-0.15, -0.1) is 11.3 Å². The Morgan fingerprint density at radius 2 is 1.83 bits per heavy atom. The maximum absolute atomic E-state index is 14.3. The van der Waals surface area contributed by atoms with E-state index in [2.05, 4.69) is 10.6 Å². The second-order valence-electron chi connectivity index (χ2n) is 12.0. The van der Waals surface area contributed by atoms with Gasteiger partial charge in [0.05, 0.1) is 37.5 Å². The van der Waals surface area contributed by atoms with Crippen molar-refractivity contribution in [3.63, 3.8) is 0 Å². The highest BCUT2D eigenvalue weighted by molar-refractivity contribution is 7.91. The summed E-state index contributed by atoms with van der Waals surface area (Å²) in [5, 5.41) is 17.5. The van der Waals surface area contributed by atoms with E-state index in [-0.39, 0.29) is 41.5 Å². The first-order valence-electron chi connectivity index (χ1n) is 16.0. The van der Waals surface area contributed by atoms with Gasteiger partial charge in [-0.1, -0.05) is 13.0 Å². The van der Waals surface area contributed by atoms with Gasteiger partial charge in [-0.05, 0) is 87.0 Å². The highest BCUT2D eigenvalue weighted by atomic mass is 32.2. The maximum atomic E-state index is 14.3. The molecule has 1 aromatic heterocycles. The minimum absolute atomic E-state index is 0.0877. The summed E-state index contributed by atoms with van der Waals surface area (Å²) in [6.45, 7) is 5.96. The van der Waals surface area contributed by atoms with Crippen LogP contribution in [-0.4, -0.2) is 93.4 Å². The van der Waals surface area contributed by atoms with Crippen LogP contribution in [0.4, 0.5) is 16.2 Å². The van der Waals surface area contributed by atoms with Crippen LogP contribution in [0, 0.1) is 5.92 Å². The Kier molecular flexibility index (Phi) is 13.2. The number of fused-ring (bicyclic) bond motifs is 1. The summed E-state index contributed by atoms with van der Waals surface area (Å²) < 4.78 is 45.8. The van der Waals surface area contributed by atoms with E-state index in [1.165, 1.54) is 11.4 Å². The molecule has 1 aliphatic rings. The molecular weight excluding hydrogens is 657 g/mol. The number of anilines is 2. The van der Waals surface area contributed by atoms with Gasteiger partial charge in [0, 0.05) is 44.0 Å². The van der Waals surface area contributed by atoms with Crippen LogP contribution in [0.5, 0.6) is 11.5 Å². The van der Waals surface area contributed by atoms with Crippen LogP contribution in [0.25, 0.3) is 0 Å². The lowest BCUT2D eigenvalue weighted by Crippen LogP contribution is -2.48. The minimum Gasteiger partial charge on any atom is -0.497 e. The molecule has 3 N–H and O–H groups in total. The van der Waals surface area contributed by atoms with Gasteiger partial charge in [0.1, 0.15) is 15.7 Å². The smallest absolute Gasteiger partial charge is 0.323 e. The number of likely N-dealkylation sites (N-methyl/N-ethyl adjacent to an activating group) is 1. The number of urea groups is 1. The second-order valence-corrected chi connectivity index (χ2v) is 15.3. The standard InChI is InChI=1S/C34H46N4O8S2/c1-23-20-38(24(2)22-39)33(40)29-19-27(36-34(41)35-26-11-14-28(44-5)15-12-26)13-16-30(29)46-25(3)9-6-7-17-45-31(23)21-37(4)48(42,43)32-10-8-18-47-32/h8,10-16,18-19,23-25,31,39H,6-7,9,17,20-22H2,1-5H3,(H2,35,36,41)/t23-,24+,25+,31-/m0/s1. The molecule has 0 unspecified atom stereocenters. The average molecular weight is 703 g/mol. The van der Waals surface area contributed by atoms with Crippen LogP contribution in [0.2, 0.25) is 0 Å². The van der Waals surface area contributed by atoms with Gasteiger partial charge >= 0.3 is 6.03 Å². The fraction of sp³-hybridized carbons (Fsp3) is 0.471. The molecule has 4 rings (SSSR count). The molecule has 0 spiro atoms. The number of ether oxygens (including phenoxy) is 3. The Morgan fingerprint density at radius 3 is 2.50 bits per heavy atom. The number of aliphatic hydroxyl groups excluding tert-OH is 1. The monoisotopic (exact) mass is 702 g/mol. The van der Waals surface area contributed by atoms with Gasteiger partial charge < -0.3 is 34.9 Å². The average Bonchev–Trinajstić information content (AvgIpc) is 3.62. The Labute approximate surface area is 287 Å². The molecule has 2 heterocycles. The van der Waals surface area contributed by atoms with Crippen LogP contribution in [0.1, 0.15) is 50.4 Å². The third kappa shape index (κ3) is 9.69. The number of nitrogens with one attached hydrogen (secondary N) is 2. The maximum Gasteiger partial charge on any atom is 0.323 e. The number of carbonyl (C=O) groups excluding carboxylic acids is 2. The molecule has 262 valence electrons. The molecule has 0 radical (unpaired) electrons. The van der Waals surface area contributed by atoms with E-state index in [0.29, 0.717) is 35.9 Å². The molecule has 12 nitrogen and oxygen atoms in total. The zero-order valence-electron chi connectivity index (χ0n) is 28.0. The quantitative estimate of drug-likeness (QED) is 0.264. The molecule has 0 aliphatic carbocycles.